The third-order valence-electron chi connectivity index (χ3n) is 1.81. The van der Waals surface area contributed by atoms with Gasteiger partial charge in [0, 0.05) is 11.1 Å². The summed E-state index contributed by atoms with van der Waals surface area (Å²) in [5.74, 6) is 0. The summed E-state index contributed by atoms with van der Waals surface area (Å²) < 4.78 is 0. The van der Waals surface area contributed by atoms with E-state index in [1.54, 1.807) is 6.08 Å². The van der Waals surface area contributed by atoms with Gasteiger partial charge in [-0.3, -0.25) is 0 Å². The number of halogens is 1. The molecule has 0 fully saturated rings. The molecule has 0 amide bonds. The molecule has 0 saturated carbocycles. The number of hydrogen-bond acceptors (Lipinski definition) is 1. The van der Waals surface area contributed by atoms with Crippen LogP contribution in [0.2, 0.25) is 5.02 Å². The fourth-order valence-electron chi connectivity index (χ4n) is 1.21. The normalized spacial score (nSPS) is 10.3. The van der Waals surface area contributed by atoms with Gasteiger partial charge in [0.25, 0.3) is 0 Å². The van der Waals surface area contributed by atoms with Gasteiger partial charge in [0.2, 0.25) is 0 Å². The molecule has 1 nitrogen and oxygen atoms in total. The Balaban J connectivity index is 3.15. The summed E-state index contributed by atoms with van der Waals surface area (Å²) in [5, 5.41) is 9.16. The Hall–Kier alpha value is -1.26. The summed E-state index contributed by atoms with van der Waals surface area (Å²) in [6, 6.07) is 5.88. The monoisotopic (exact) mass is 191 g/mol. The lowest BCUT2D eigenvalue weighted by Gasteiger charge is -2.03. The van der Waals surface area contributed by atoms with Crippen molar-refractivity contribution in [1.29, 1.82) is 5.26 Å². The van der Waals surface area contributed by atoms with Crippen molar-refractivity contribution in [1.82, 2.24) is 0 Å². The van der Waals surface area contributed by atoms with Gasteiger partial charge in [0.05, 0.1) is 6.07 Å². The second-order valence-corrected chi connectivity index (χ2v) is 3.31. The molecule has 0 spiro atoms. The molecule has 0 atom stereocenters. The number of hydrogen-bond donors (Lipinski definition) is 0. The molecule has 0 saturated heterocycles. The van der Waals surface area contributed by atoms with Gasteiger partial charge in [0.15, 0.2) is 0 Å². The van der Waals surface area contributed by atoms with E-state index in [0.717, 1.165) is 21.7 Å². The Bertz CT molecular complexity index is 363. The second kappa shape index (κ2) is 4.11. The molecule has 0 heterocycles. The lowest BCUT2D eigenvalue weighted by molar-refractivity contribution is 1.37. The molecule has 2 heteroatoms. The Morgan fingerprint density at radius 3 is 2.31 bits per heavy atom. The van der Waals surface area contributed by atoms with Gasteiger partial charge in [-0.2, -0.15) is 5.26 Å². The van der Waals surface area contributed by atoms with Crippen LogP contribution >= 0.6 is 11.6 Å². The van der Waals surface area contributed by atoms with E-state index >= 15 is 0 Å². The summed E-state index contributed by atoms with van der Waals surface area (Å²) in [6.07, 6.45) is 3.23. The van der Waals surface area contributed by atoms with Gasteiger partial charge < -0.3 is 0 Å². The predicted octanol–water partition coefficient (Wildman–Crippen LogP) is 3.49. The van der Waals surface area contributed by atoms with Crippen LogP contribution in [-0.2, 0) is 0 Å². The SMILES string of the molecule is Cc1cc(C=CC#N)cc(C)c1Cl. The summed E-state index contributed by atoms with van der Waals surface area (Å²) >= 11 is 5.99. The molecule has 1 aromatic carbocycles. The Labute approximate surface area is 83.3 Å². The lowest BCUT2D eigenvalue weighted by Crippen LogP contribution is -1.83. The number of benzene rings is 1. The van der Waals surface area contributed by atoms with Crippen LogP contribution in [0.4, 0.5) is 0 Å². The smallest absolute Gasteiger partial charge is 0.0912 e. The number of nitriles is 1. The summed E-state index contributed by atoms with van der Waals surface area (Å²) in [6.45, 7) is 3.91. The van der Waals surface area contributed by atoms with Crippen molar-refractivity contribution in [3.63, 3.8) is 0 Å². The van der Waals surface area contributed by atoms with Gasteiger partial charge in [-0.1, -0.05) is 23.7 Å². The zero-order valence-corrected chi connectivity index (χ0v) is 8.39. The second-order valence-electron chi connectivity index (χ2n) is 2.93. The van der Waals surface area contributed by atoms with Gasteiger partial charge in [-0.25, -0.2) is 0 Å². The molecule has 0 aliphatic rings. The molecule has 0 radical (unpaired) electrons. The average Bonchev–Trinajstić information content (AvgIpc) is 2.10. The van der Waals surface area contributed by atoms with Crippen molar-refractivity contribution in [3.8, 4) is 6.07 Å². The number of allylic oxidation sites excluding steroid dienone is 1. The molecular weight excluding hydrogens is 182 g/mol. The molecule has 66 valence electrons. The highest BCUT2D eigenvalue weighted by Gasteiger charge is 1.99. The van der Waals surface area contributed by atoms with E-state index in [1.165, 1.54) is 6.08 Å². The third-order valence-corrected chi connectivity index (χ3v) is 2.41. The van der Waals surface area contributed by atoms with Crippen molar-refractivity contribution in [2.24, 2.45) is 0 Å². The minimum absolute atomic E-state index is 0.800. The zero-order valence-electron chi connectivity index (χ0n) is 7.63. The molecule has 1 aromatic rings. The maximum atomic E-state index is 8.36. The number of aryl methyl sites for hydroxylation is 2. The topological polar surface area (TPSA) is 23.8 Å². The van der Waals surface area contributed by atoms with Crippen molar-refractivity contribution in [3.05, 3.63) is 39.9 Å². The highest BCUT2D eigenvalue weighted by Crippen LogP contribution is 2.22. The first kappa shape index (κ1) is 9.83. The standard InChI is InChI=1S/C11H10ClN/c1-8-6-10(4-3-5-13)7-9(2)11(8)12/h3-4,6-7H,1-2H3. The molecule has 0 unspecified atom stereocenters. The van der Waals surface area contributed by atoms with E-state index in [0.29, 0.717) is 0 Å². The van der Waals surface area contributed by atoms with E-state index in [1.807, 2.05) is 32.0 Å². The summed E-state index contributed by atoms with van der Waals surface area (Å²) in [4.78, 5) is 0. The van der Waals surface area contributed by atoms with E-state index in [4.69, 9.17) is 16.9 Å². The Kier molecular flexibility index (Phi) is 3.11. The number of rotatable bonds is 1. The predicted molar refractivity (Wildman–Crippen MR) is 55.6 cm³/mol. The van der Waals surface area contributed by atoms with Gasteiger partial charge in [0.1, 0.15) is 0 Å². The van der Waals surface area contributed by atoms with Gasteiger partial charge in [-0.05, 0) is 36.6 Å². The van der Waals surface area contributed by atoms with Crippen LogP contribution in [-0.4, -0.2) is 0 Å². The van der Waals surface area contributed by atoms with Crippen LogP contribution in [0.3, 0.4) is 0 Å². The van der Waals surface area contributed by atoms with Crippen LogP contribution < -0.4 is 0 Å². The lowest BCUT2D eigenvalue weighted by atomic mass is 10.1. The quantitative estimate of drug-likeness (QED) is 0.624. The Morgan fingerprint density at radius 1 is 1.31 bits per heavy atom. The third kappa shape index (κ3) is 2.34. The molecule has 1 rings (SSSR count). The molecular formula is C11H10ClN. The largest absolute Gasteiger partial charge is 0.193 e. The van der Waals surface area contributed by atoms with Crippen molar-refractivity contribution < 1.29 is 0 Å². The van der Waals surface area contributed by atoms with E-state index in [2.05, 4.69) is 0 Å². The highest BCUT2D eigenvalue weighted by atomic mass is 35.5. The van der Waals surface area contributed by atoms with Gasteiger partial charge >= 0.3 is 0 Å². The summed E-state index contributed by atoms with van der Waals surface area (Å²) in [7, 11) is 0. The zero-order chi connectivity index (χ0) is 9.84. The molecule has 0 N–H and O–H groups in total. The first-order valence-corrected chi connectivity index (χ1v) is 4.36. The molecule has 0 aliphatic heterocycles. The van der Waals surface area contributed by atoms with Crippen LogP contribution in [0.5, 0.6) is 0 Å². The molecule has 0 aliphatic carbocycles. The summed E-state index contributed by atoms with van der Waals surface area (Å²) in [5.41, 5.74) is 3.10. The highest BCUT2D eigenvalue weighted by molar-refractivity contribution is 6.32. The minimum Gasteiger partial charge on any atom is -0.193 e. The first-order valence-electron chi connectivity index (χ1n) is 3.98. The van der Waals surface area contributed by atoms with Crippen molar-refractivity contribution in [2.45, 2.75) is 13.8 Å². The first-order chi connectivity index (χ1) is 6.15. The number of nitrogens with zero attached hydrogens (tertiary/aromatic N) is 1. The van der Waals surface area contributed by atoms with Crippen molar-refractivity contribution in [2.75, 3.05) is 0 Å². The maximum absolute atomic E-state index is 8.36. The minimum atomic E-state index is 0.800. The van der Waals surface area contributed by atoms with Gasteiger partial charge in [-0.15, -0.1) is 0 Å². The van der Waals surface area contributed by atoms with Crippen LogP contribution in [0, 0.1) is 25.2 Å². The Morgan fingerprint density at radius 2 is 1.85 bits per heavy atom. The fourth-order valence-corrected chi connectivity index (χ4v) is 1.32. The maximum Gasteiger partial charge on any atom is 0.0912 e. The fraction of sp³-hybridized carbons (Fsp3) is 0.182. The van der Waals surface area contributed by atoms with Crippen LogP contribution in [0.1, 0.15) is 16.7 Å². The molecule has 13 heavy (non-hydrogen) atoms. The van der Waals surface area contributed by atoms with Crippen LogP contribution in [0.25, 0.3) is 6.08 Å². The van der Waals surface area contributed by atoms with E-state index in [-0.39, 0.29) is 0 Å². The molecule has 0 aromatic heterocycles. The average molecular weight is 192 g/mol. The van der Waals surface area contributed by atoms with E-state index < -0.39 is 0 Å². The van der Waals surface area contributed by atoms with Crippen LogP contribution in [0.15, 0.2) is 18.2 Å². The molecule has 0 bridgehead atoms. The van der Waals surface area contributed by atoms with Crippen molar-refractivity contribution >= 4 is 17.7 Å². The van der Waals surface area contributed by atoms with E-state index in [9.17, 15) is 0 Å².